The van der Waals surface area contributed by atoms with Gasteiger partial charge in [0.2, 0.25) is 11.8 Å². The third kappa shape index (κ3) is 5.40. The Morgan fingerprint density at radius 1 is 1.12 bits per heavy atom. The lowest BCUT2D eigenvalue weighted by Gasteiger charge is -2.30. The van der Waals surface area contributed by atoms with Crippen molar-refractivity contribution in [2.24, 2.45) is 0 Å². The van der Waals surface area contributed by atoms with Crippen LogP contribution in [0.1, 0.15) is 37.4 Å². The zero-order chi connectivity index (χ0) is 24.1. The van der Waals surface area contributed by atoms with Gasteiger partial charge in [-0.25, -0.2) is 4.98 Å². The summed E-state index contributed by atoms with van der Waals surface area (Å²) in [6.45, 7) is 4.12. The molecule has 1 atom stereocenters. The zero-order valence-corrected chi connectivity index (χ0v) is 19.9. The highest BCUT2D eigenvalue weighted by atomic mass is 32.1. The van der Waals surface area contributed by atoms with Crippen LogP contribution in [-0.4, -0.2) is 26.3 Å². The van der Waals surface area contributed by atoms with Crippen LogP contribution in [0, 0.1) is 0 Å². The normalized spacial score (nSPS) is 11.8. The Morgan fingerprint density at radius 3 is 2.68 bits per heavy atom. The minimum atomic E-state index is -0.240. The smallest absolute Gasteiger partial charge is 0.262 e. The molecule has 174 valence electrons. The minimum Gasteiger partial charge on any atom is -0.332 e. The quantitative estimate of drug-likeness (QED) is 0.405. The molecular formula is C26H26N4O3S. The largest absolute Gasteiger partial charge is 0.332 e. The lowest BCUT2D eigenvalue weighted by Crippen LogP contribution is -2.34. The van der Waals surface area contributed by atoms with Crippen LogP contribution < -0.4 is 10.9 Å². The van der Waals surface area contributed by atoms with Crippen molar-refractivity contribution in [2.45, 2.75) is 39.4 Å². The number of aromatic nitrogens is 2. The molecule has 4 rings (SSSR count). The zero-order valence-electron chi connectivity index (χ0n) is 19.1. The Bertz CT molecular complexity index is 1360. The maximum atomic E-state index is 13.4. The van der Waals surface area contributed by atoms with Gasteiger partial charge in [-0.05, 0) is 41.6 Å². The Morgan fingerprint density at radius 2 is 1.91 bits per heavy atom. The fourth-order valence-corrected chi connectivity index (χ4v) is 4.62. The van der Waals surface area contributed by atoms with Gasteiger partial charge in [-0.15, -0.1) is 11.3 Å². The van der Waals surface area contributed by atoms with Gasteiger partial charge in [-0.1, -0.05) is 42.5 Å². The summed E-state index contributed by atoms with van der Waals surface area (Å²) < 4.78 is 1.50. The minimum absolute atomic E-state index is 0.0707. The first-order valence-corrected chi connectivity index (χ1v) is 11.9. The highest BCUT2D eigenvalue weighted by Gasteiger charge is 2.22. The van der Waals surface area contributed by atoms with Crippen LogP contribution in [0.25, 0.3) is 10.2 Å². The standard InChI is InChI=1S/C26H26N4O3S/c1-18(21-9-6-10-22(15-21)28-19(2)31)30(16-20-7-4-3-5-8-20)24(32)11-13-29-17-27-25-23(26(29)33)12-14-34-25/h3-10,12,14-15,17-18H,11,13,16H2,1-2H3,(H,28,31). The first-order valence-electron chi connectivity index (χ1n) is 11.1. The van der Waals surface area contributed by atoms with Crippen LogP contribution in [0.15, 0.2) is 77.2 Å². The first-order chi connectivity index (χ1) is 16.4. The van der Waals surface area contributed by atoms with Gasteiger partial charge < -0.3 is 10.2 Å². The number of nitrogens with one attached hydrogen (secondary N) is 1. The number of hydrogen-bond acceptors (Lipinski definition) is 5. The van der Waals surface area contributed by atoms with Gasteiger partial charge >= 0.3 is 0 Å². The molecule has 0 aliphatic heterocycles. The van der Waals surface area contributed by atoms with Gasteiger partial charge in [0.25, 0.3) is 5.56 Å². The first kappa shape index (κ1) is 23.4. The molecule has 0 aliphatic carbocycles. The summed E-state index contributed by atoms with van der Waals surface area (Å²) in [6.07, 6.45) is 1.68. The van der Waals surface area contributed by atoms with Gasteiger partial charge in [0.1, 0.15) is 4.83 Å². The predicted octanol–water partition coefficient (Wildman–Crippen LogP) is 4.60. The van der Waals surface area contributed by atoms with Crippen LogP contribution in [0.3, 0.4) is 0 Å². The van der Waals surface area contributed by atoms with Crippen LogP contribution in [0.4, 0.5) is 5.69 Å². The van der Waals surface area contributed by atoms with Crippen molar-refractivity contribution in [3.63, 3.8) is 0 Å². The molecule has 0 aliphatic rings. The van der Waals surface area contributed by atoms with Crippen molar-refractivity contribution >= 4 is 39.1 Å². The predicted molar refractivity (Wildman–Crippen MR) is 135 cm³/mol. The summed E-state index contributed by atoms with van der Waals surface area (Å²) in [5.74, 6) is -0.220. The Balaban J connectivity index is 1.57. The number of carbonyl (C=O) groups is 2. The maximum absolute atomic E-state index is 13.4. The molecule has 2 aromatic carbocycles. The molecule has 1 unspecified atom stereocenters. The third-order valence-electron chi connectivity index (χ3n) is 5.69. The number of thiophene rings is 1. The van der Waals surface area contributed by atoms with Gasteiger partial charge in [-0.2, -0.15) is 0 Å². The highest BCUT2D eigenvalue weighted by Crippen LogP contribution is 2.26. The monoisotopic (exact) mass is 474 g/mol. The number of rotatable bonds is 8. The average Bonchev–Trinajstić information content (AvgIpc) is 3.32. The van der Waals surface area contributed by atoms with Crippen molar-refractivity contribution in [1.82, 2.24) is 14.5 Å². The van der Waals surface area contributed by atoms with Gasteiger partial charge in [-0.3, -0.25) is 19.0 Å². The van der Waals surface area contributed by atoms with Gasteiger partial charge in [0.15, 0.2) is 0 Å². The van der Waals surface area contributed by atoms with E-state index in [4.69, 9.17) is 0 Å². The third-order valence-corrected chi connectivity index (χ3v) is 6.51. The van der Waals surface area contributed by atoms with Crippen LogP contribution in [0.2, 0.25) is 0 Å². The van der Waals surface area contributed by atoms with E-state index in [1.165, 1.54) is 29.2 Å². The second-order valence-corrected chi connectivity index (χ2v) is 9.02. The van der Waals surface area contributed by atoms with E-state index in [0.717, 1.165) is 11.1 Å². The molecule has 7 nitrogen and oxygen atoms in total. The average molecular weight is 475 g/mol. The van der Waals surface area contributed by atoms with E-state index in [9.17, 15) is 14.4 Å². The number of anilines is 1. The summed E-state index contributed by atoms with van der Waals surface area (Å²) >= 11 is 1.42. The van der Waals surface area contributed by atoms with E-state index in [1.54, 1.807) is 6.07 Å². The fourth-order valence-electron chi connectivity index (χ4n) is 3.89. The Labute approximate surface area is 201 Å². The molecule has 34 heavy (non-hydrogen) atoms. The topological polar surface area (TPSA) is 84.3 Å². The number of benzene rings is 2. The fraction of sp³-hybridized carbons (Fsp3) is 0.231. The molecule has 0 saturated heterocycles. The molecule has 0 spiro atoms. The van der Waals surface area contributed by atoms with E-state index in [2.05, 4.69) is 10.3 Å². The van der Waals surface area contributed by atoms with E-state index in [-0.39, 0.29) is 36.4 Å². The molecule has 4 aromatic rings. The molecular weight excluding hydrogens is 448 g/mol. The van der Waals surface area contributed by atoms with Gasteiger partial charge in [0, 0.05) is 32.1 Å². The van der Waals surface area contributed by atoms with Crippen molar-refractivity contribution in [3.8, 4) is 0 Å². The number of nitrogens with zero attached hydrogens (tertiary/aromatic N) is 3. The summed E-state index contributed by atoms with van der Waals surface area (Å²) in [6, 6.07) is 18.8. The van der Waals surface area contributed by atoms with E-state index in [0.29, 0.717) is 22.4 Å². The summed E-state index contributed by atoms with van der Waals surface area (Å²) in [7, 11) is 0. The van der Waals surface area contributed by atoms with E-state index < -0.39 is 0 Å². The molecule has 8 heteroatoms. The molecule has 0 bridgehead atoms. The SMILES string of the molecule is CC(=O)Nc1cccc(C(C)N(Cc2ccccc2)C(=O)CCn2cnc3sccc3c2=O)c1. The lowest BCUT2D eigenvalue weighted by molar-refractivity contribution is -0.134. The molecule has 0 saturated carbocycles. The second kappa shape index (κ2) is 10.4. The molecule has 0 fully saturated rings. The van der Waals surface area contributed by atoms with E-state index >= 15 is 0 Å². The number of carbonyl (C=O) groups excluding carboxylic acids is 2. The molecule has 2 heterocycles. The van der Waals surface area contributed by atoms with Crippen molar-refractivity contribution in [2.75, 3.05) is 5.32 Å². The molecule has 2 amide bonds. The maximum Gasteiger partial charge on any atom is 0.262 e. The Kier molecular flexibility index (Phi) is 7.18. The van der Waals surface area contributed by atoms with Gasteiger partial charge in [0.05, 0.1) is 17.8 Å². The summed E-state index contributed by atoms with van der Waals surface area (Å²) in [5, 5.41) is 5.21. The summed E-state index contributed by atoms with van der Waals surface area (Å²) in [4.78, 5) is 44.5. The number of amides is 2. The molecule has 2 aromatic heterocycles. The van der Waals surface area contributed by atoms with Crippen molar-refractivity contribution in [1.29, 1.82) is 0 Å². The van der Waals surface area contributed by atoms with Crippen LogP contribution >= 0.6 is 11.3 Å². The Hall–Kier alpha value is -3.78. The van der Waals surface area contributed by atoms with Crippen molar-refractivity contribution < 1.29 is 9.59 Å². The summed E-state index contributed by atoms with van der Waals surface area (Å²) in [5.41, 5.74) is 2.48. The number of fused-ring (bicyclic) bond motifs is 1. The van der Waals surface area contributed by atoms with Crippen molar-refractivity contribution in [3.05, 3.63) is 93.9 Å². The lowest BCUT2D eigenvalue weighted by atomic mass is 10.0. The van der Waals surface area contributed by atoms with Crippen LogP contribution in [0.5, 0.6) is 0 Å². The number of hydrogen-bond donors (Lipinski definition) is 1. The second-order valence-electron chi connectivity index (χ2n) is 8.12. The molecule has 1 N–H and O–H groups in total. The molecule has 0 radical (unpaired) electrons. The van der Waals surface area contributed by atoms with E-state index in [1.807, 2.05) is 71.8 Å². The number of aryl methyl sites for hydroxylation is 1. The highest BCUT2D eigenvalue weighted by molar-refractivity contribution is 7.16. The van der Waals surface area contributed by atoms with Crippen LogP contribution in [-0.2, 0) is 22.7 Å².